The average Bonchev–Trinajstić information content (AvgIpc) is 3.33. The van der Waals surface area contributed by atoms with E-state index in [1.165, 1.54) is 122 Å². The number of hydrogen-bond acceptors (Lipinski definition) is 6. The van der Waals surface area contributed by atoms with E-state index < -0.39 is 6.10 Å². The minimum absolute atomic E-state index is 0.106. The summed E-state index contributed by atoms with van der Waals surface area (Å²) in [5.41, 5.74) is 0. The Morgan fingerprint density at radius 1 is 0.328 bits per heavy atom. The van der Waals surface area contributed by atoms with Gasteiger partial charge in [-0.25, -0.2) is 0 Å². The standard InChI is InChI=1S/C61H104O6/c1-4-7-10-13-16-19-22-25-28-30-32-33-36-39-42-45-48-51-54-60(63)66-57-58(56-65-59(62)53-50-47-44-41-38-35-27-24-21-18-15-12-9-6-3)67-61(64)55-52-49-46-43-40-37-34-31-29-26-23-20-17-14-11-8-5-2/h9,12,18,21,26,28-30,32-34,37,43,46,58H,4-8,10-11,13-17,19-20,22-25,27,31,35-36,38-42,44-45,47-57H2,1-3H3/b12-9-,21-18-,29-26-,30-28-,33-32-,37-34-,46-43-. The monoisotopic (exact) mass is 933 g/mol. The van der Waals surface area contributed by atoms with Crippen LogP contribution in [0.4, 0.5) is 0 Å². The highest BCUT2D eigenvalue weighted by molar-refractivity contribution is 5.71. The van der Waals surface area contributed by atoms with Crippen LogP contribution in [0.1, 0.15) is 265 Å². The lowest BCUT2D eigenvalue weighted by Crippen LogP contribution is -2.30. The van der Waals surface area contributed by atoms with Gasteiger partial charge in [-0.15, -0.1) is 0 Å². The van der Waals surface area contributed by atoms with Crippen molar-refractivity contribution < 1.29 is 28.6 Å². The quantitative estimate of drug-likeness (QED) is 0.0199. The van der Waals surface area contributed by atoms with Crippen LogP contribution in [-0.4, -0.2) is 37.2 Å². The summed E-state index contributed by atoms with van der Waals surface area (Å²) < 4.78 is 16.8. The molecule has 6 heteroatoms. The van der Waals surface area contributed by atoms with Crippen LogP contribution in [0, 0.1) is 0 Å². The second-order valence-corrected chi connectivity index (χ2v) is 18.5. The fourth-order valence-electron chi connectivity index (χ4n) is 7.66. The zero-order valence-electron chi connectivity index (χ0n) is 43.9. The molecule has 0 radical (unpaired) electrons. The van der Waals surface area contributed by atoms with Crippen molar-refractivity contribution in [3.05, 3.63) is 85.1 Å². The number of ether oxygens (including phenoxy) is 3. The predicted molar refractivity (Wildman–Crippen MR) is 288 cm³/mol. The molecule has 0 rings (SSSR count). The molecule has 0 aromatic rings. The Bertz CT molecular complexity index is 1300. The molecule has 0 saturated carbocycles. The van der Waals surface area contributed by atoms with Gasteiger partial charge in [0.05, 0.1) is 0 Å². The molecule has 6 nitrogen and oxygen atoms in total. The van der Waals surface area contributed by atoms with Gasteiger partial charge in [0.25, 0.3) is 0 Å². The first kappa shape index (κ1) is 63.6. The lowest BCUT2D eigenvalue weighted by atomic mass is 10.1. The van der Waals surface area contributed by atoms with Crippen LogP contribution < -0.4 is 0 Å². The second-order valence-electron chi connectivity index (χ2n) is 18.5. The molecule has 0 heterocycles. The van der Waals surface area contributed by atoms with Crippen LogP contribution in [0.25, 0.3) is 0 Å². The van der Waals surface area contributed by atoms with Gasteiger partial charge in [-0.1, -0.05) is 228 Å². The van der Waals surface area contributed by atoms with Crippen LogP contribution in [-0.2, 0) is 28.6 Å². The molecule has 0 fully saturated rings. The highest BCUT2D eigenvalue weighted by Gasteiger charge is 2.19. The molecule has 0 aliphatic carbocycles. The zero-order valence-corrected chi connectivity index (χ0v) is 43.9. The number of esters is 3. The third-order valence-electron chi connectivity index (χ3n) is 11.9. The molecule has 0 saturated heterocycles. The van der Waals surface area contributed by atoms with Crippen molar-refractivity contribution in [1.82, 2.24) is 0 Å². The topological polar surface area (TPSA) is 78.9 Å². The fourth-order valence-corrected chi connectivity index (χ4v) is 7.66. The molecule has 0 aliphatic heterocycles. The highest BCUT2D eigenvalue weighted by Crippen LogP contribution is 2.14. The van der Waals surface area contributed by atoms with Gasteiger partial charge in [-0.2, -0.15) is 0 Å². The van der Waals surface area contributed by atoms with E-state index in [0.717, 1.165) is 96.3 Å². The van der Waals surface area contributed by atoms with E-state index in [-0.39, 0.29) is 37.5 Å². The van der Waals surface area contributed by atoms with Crippen LogP contribution in [0.5, 0.6) is 0 Å². The maximum Gasteiger partial charge on any atom is 0.306 e. The van der Waals surface area contributed by atoms with E-state index in [4.69, 9.17) is 14.2 Å². The Labute approximate surface area is 414 Å². The summed E-state index contributed by atoms with van der Waals surface area (Å²) in [7, 11) is 0. The number of allylic oxidation sites excluding steroid dienone is 14. The summed E-state index contributed by atoms with van der Waals surface area (Å²) in [5, 5.41) is 0. The molecule has 1 unspecified atom stereocenters. The van der Waals surface area contributed by atoms with Crippen molar-refractivity contribution in [3.8, 4) is 0 Å². The van der Waals surface area contributed by atoms with Gasteiger partial charge < -0.3 is 14.2 Å². The molecule has 0 aromatic heterocycles. The zero-order chi connectivity index (χ0) is 48.6. The van der Waals surface area contributed by atoms with E-state index in [0.29, 0.717) is 19.3 Å². The molecule has 1 atom stereocenters. The number of unbranched alkanes of at least 4 members (excludes halogenated alkanes) is 26. The third-order valence-corrected chi connectivity index (χ3v) is 11.9. The predicted octanol–water partition coefficient (Wildman–Crippen LogP) is 18.8. The summed E-state index contributed by atoms with van der Waals surface area (Å²) in [6, 6.07) is 0. The average molecular weight is 933 g/mol. The second kappa shape index (κ2) is 55.2. The van der Waals surface area contributed by atoms with Gasteiger partial charge in [-0.05, 0) is 103 Å². The van der Waals surface area contributed by atoms with Crippen LogP contribution >= 0.6 is 0 Å². The summed E-state index contributed by atoms with van der Waals surface area (Å²) in [6.45, 7) is 6.47. The van der Waals surface area contributed by atoms with Gasteiger partial charge >= 0.3 is 17.9 Å². The van der Waals surface area contributed by atoms with Crippen molar-refractivity contribution in [2.24, 2.45) is 0 Å². The van der Waals surface area contributed by atoms with Crippen molar-refractivity contribution in [3.63, 3.8) is 0 Å². The summed E-state index contributed by atoms with van der Waals surface area (Å²) in [4.78, 5) is 38.1. The van der Waals surface area contributed by atoms with Gasteiger partial charge in [-0.3, -0.25) is 14.4 Å². The Kier molecular flexibility index (Phi) is 52.4. The Hall–Kier alpha value is -3.41. The van der Waals surface area contributed by atoms with Crippen molar-refractivity contribution in [2.45, 2.75) is 271 Å². The minimum Gasteiger partial charge on any atom is -0.462 e. The van der Waals surface area contributed by atoms with E-state index in [9.17, 15) is 14.4 Å². The first-order valence-electron chi connectivity index (χ1n) is 28.1. The van der Waals surface area contributed by atoms with Gasteiger partial charge in [0, 0.05) is 19.3 Å². The Balaban J connectivity index is 4.49. The summed E-state index contributed by atoms with van der Waals surface area (Å²) in [5.74, 6) is -0.979. The SMILES string of the molecule is CC/C=C\C/C=C\CCCCCCCCCC(=O)OCC(COC(=O)CCCCCCC/C=C\C=C/CCCCCCCCC)OC(=O)CCC/C=C\C/C=C\C/C=C\CCCCCCCC. The molecule has 0 aliphatic rings. The molecule has 67 heavy (non-hydrogen) atoms. The Morgan fingerprint density at radius 2 is 0.642 bits per heavy atom. The number of carbonyl (C=O) groups is 3. The Morgan fingerprint density at radius 3 is 1.04 bits per heavy atom. The highest BCUT2D eigenvalue weighted by atomic mass is 16.6. The van der Waals surface area contributed by atoms with Crippen molar-refractivity contribution >= 4 is 17.9 Å². The number of hydrogen-bond donors (Lipinski definition) is 0. The molecule has 384 valence electrons. The minimum atomic E-state index is -0.813. The lowest BCUT2D eigenvalue weighted by Gasteiger charge is -2.18. The lowest BCUT2D eigenvalue weighted by molar-refractivity contribution is -0.167. The smallest absolute Gasteiger partial charge is 0.306 e. The molecule has 0 aromatic carbocycles. The van der Waals surface area contributed by atoms with Crippen LogP contribution in [0.3, 0.4) is 0 Å². The van der Waals surface area contributed by atoms with Crippen LogP contribution in [0.2, 0.25) is 0 Å². The summed E-state index contributed by atoms with van der Waals surface area (Å²) in [6.07, 6.45) is 71.5. The molecular formula is C61H104O6. The van der Waals surface area contributed by atoms with Gasteiger partial charge in [0.2, 0.25) is 0 Å². The van der Waals surface area contributed by atoms with E-state index >= 15 is 0 Å². The first-order valence-corrected chi connectivity index (χ1v) is 28.1. The van der Waals surface area contributed by atoms with E-state index in [1.807, 2.05) is 0 Å². The number of rotatable bonds is 50. The molecule has 0 N–H and O–H groups in total. The van der Waals surface area contributed by atoms with Gasteiger partial charge in [0.15, 0.2) is 6.10 Å². The maximum atomic E-state index is 12.8. The van der Waals surface area contributed by atoms with Gasteiger partial charge in [0.1, 0.15) is 13.2 Å². The normalized spacial score (nSPS) is 12.7. The largest absolute Gasteiger partial charge is 0.462 e. The van der Waals surface area contributed by atoms with Crippen molar-refractivity contribution in [2.75, 3.05) is 13.2 Å². The molecule has 0 bridgehead atoms. The van der Waals surface area contributed by atoms with E-state index in [1.54, 1.807) is 0 Å². The first-order chi connectivity index (χ1) is 33.0. The molecular weight excluding hydrogens is 829 g/mol. The molecule has 0 spiro atoms. The third kappa shape index (κ3) is 53.4. The van der Waals surface area contributed by atoms with Crippen molar-refractivity contribution in [1.29, 1.82) is 0 Å². The summed E-state index contributed by atoms with van der Waals surface area (Å²) >= 11 is 0. The van der Waals surface area contributed by atoms with E-state index in [2.05, 4.69) is 106 Å². The molecule has 0 amide bonds. The maximum absolute atomic E-state index is 12.8. The fraction of sp³-hybridized carbons (Fsp3) is 0.721. The van der Waals surface area contributed by atoms with Crippen LogP contribution in [0.15, 0.2) is 85.1 Å². The number of carbonyl (C=O) groups excluding carboxylic acids is 3.